The van der Waals surface area contributed by atoms with E-state index in [1.54, 1.807) is 13.0 Å². The van der Waals surface area contributed by atoms with Gasteiger partial charge in [-0.2, -0.15) is 8.78 Å². The first-order valence-corrected chi connectivity index (χ1v) is 6.67. The third-order valence-corrected chi connectivity index (χ3v) is 3.47. The number of hydrogen-bond acceptors (Lipinski definition) is 2. The van der Waals surface area contributed by atoms with E-state index in [4.69, 9.17) is 0 Å². The maximum absolute atomic E-state index is 14.3. The first-order valence-electron chi connectivity index (χ1n) is 6.67. The van der Waals surface area contributed by atoms with Crippen molar-refractivity contribution in [3.63, 3.8) is 0 Å². The molecule has 0 saturated heterocycles. The van der Waals surface area contributed by atoms with Crippen molar-refractivity contribution in [3.05, 3.63) is 68.5 Å². The molecule has 0 aliphatic rings. The Morgan fingerprint density at radius 1 is 1.24 bits per heavy atom. The van der Waals surface area contributed by atoms with Gasteiger partial charge in [-0.1, -0.05) is 37.3 Å². The zero-order valence-corrected chi connectivity index (χ0v) is 11.8. The first-order chi connectivity index (χ1) is 9.87. The molecule has 6 heteroatoms. The summed E-state index contributed by atoms with van der Waals surface area (Å²) in [7, 11) is 0. The van der Waals surface area contributed by atoms with E-state index in [9.17, 15) is 18.4 Å². The van der Waals surface area contributed by atoms with Crippen molar-refractivity contribution in [3.8, 4) is 0 Å². The molecule has 21 heavy (non-hydrogen) atoms. The lowest BCUT2D eigenvalue weighted by Gasteiger charge is -2.18. The van der Waals surface area contributed by atoms with Gasteiger partial charge in [0.05, 0.1) is 5.69 Å². The highest BCUT2D eigenvalue weighted by atomic mass is 19.3. The summed E-state index contributed by atoms with van der Waals surface area (Å²) >= 11 is 0. The van der Waals surface area contributed by atoms with Gasteiger partial charge < -0.3 is 4.98 Å². The lowest BCUT2D eigenvalue weighted by molar-refractivity contribution is 0.0371. The van der Waals surface area contributed by atoms with Crippen LogP contribution in [0.2, 0.25) is 0 Å². The van der Waals surface area contributed by atoms with Gasteiger partial charge in [0.25, 0.3) is 5.56 Å². The first kappa shape index (κ1) is 15.2. The van der Waals surface area contributed by atoms with E-state index in [1.165, 1.54) is 24.3 Å². The minimum absolute atomic E-state index is 0.277. The average Bonchev–Trinajstić information content (AvgIpc) is 2.47. The number of rotatable bonds is 4. The minimum atomic E-state index is -3.42. The maximum atomic E-state index is 14.3. The molecule has 112 valence electrons. The normalized spacial score (nSPS) is 13.1. The quantitative estimate of drug-likeness (QED) is 0.942. The molecule has 1 atom stereocenters. The van der Waals surface area contributed by atoms with Crippen molar-refractivity contribution in [1.82, 2.24) is 9.55 Å². The highest BCUT2D eigenvalue weighted by molar-refractivity contribution is 5.28. The molecule has 0 saturated carbocycles. The Labute approximate surface area is 120 Å². The van der Waals surface area contributed by atoms with Crippen LogP contribution in [0.3, 0.4) is 0 Å². The lowest BCUT2D eigenvalue weighted by Crippen LogP contribution is -2.39. The van der Waals surface area contributed by atoms with Crippen molar-refractivity contribution >= 4 is 0 Å². The Balaban J connectivity index is 2.57. The van der Waals surface area contributed by atoms with Crippen molar-refractivity contribution in [2.45, 2.75) is 32.2 Å². The van der Waals surface area contributed by atoms with Gasteiger partial charge in [0.15, 0.2) is 0 Å². The fourth-order valence-electron chi connectivity index (χ4n) is 2.08. The van der Waals surface area contributed by atoms with Crippen LogP contribution >= 0.6 is 0 Å². The average molecular weight is 294 g/mol. The van der Waals surface area contributed by atoms with Crippen LogP contribution in [0.1, 0.15) is 37.6 Å². The SMILES string of the molecule is CCC(C)n1c(=O)cc(C(F)(F)c2ccccc2)[nH]c1=O. The summed E-state index contributed by atoms with van der Waals surface area (Å²) < 4.78 is 29.6. The lowest BCUT2D eigenvalue weighted by atomic mass is 10.1. The zero-order valence-electron chi connectivity index (χ0n) is 11.8. The number of nitrogens with one attached hydrogen (secondary N) is 1. The van der Waals surface area contributed by atoms with Gasteiger partial charge in [0.1, 0.15) is 0 Å². The van der Waals surface area contributed by atoms with E-state index in [1.807, 2.05) is 6.92 Å². The summed E-state index contributed by atoms with van der Waals surface area (Å²) in [6, 6.07) is 7.50. The predicted molar refractivity (Wildman–Crippen MR) is 75.8 cm³/mol. The van der Waals surface area contributed by atoms with Gasteiger partial charge in [-0.3, -0.25) is 9.36 Å². The largest absolute Gasteiger partial charge is 0.328 e. The zero-order chi connectivity index (χ0) is 15.6. The highest BCUT2D eigenvalue weighted by Crippen LogP contribution is 2.33. The summed E-state index contributed by atoms with van der Waals surface area (Å²) in [4.78, 5) is 26.0. The number of alkyl halides is 2. The van der Waals surface area contributed by atoms with Crippen LogP contribution in [0.25, 0.3) is 0 Å². The second kappa shape index (κ2) is 5.63. The molecule has 0 bridgehead atoms. The van der Waals surface area contributed by atoms with E-state index in [-0.39, 0.29) is 11.6 Å². The molecule has 1 aromatic heterocycles. The number of benzene rings is 1. The highest BCUT2D eigenvalue weighted by Gasteiger charge is 2.36. The van der Waals surface area contributed by atoms with E-state index in [2.05, 4.69) is 4.98 Å². The molecule has 1 N–H and O–H groups in total. The summed E-state index contributed by atoms with van der Waals surface area (Å²) in [5.74, 6) is -3.42. The molecular weight excluding hydrogens is 278 g/mol. The van der Waals surface area contributed by atoms with Gasteiger partial charge >= 0.3 is 11.6 Å². The van der Waals surface area contributed by atoms with Gasteiger partial charge in [-0.15, -0.1) is 0 Å². The van der Waals surface area contributed by atoms with Gasteiger partial charge in [0, 0.05) is 17.7 Å². The standard InChI is InChI=1S/C15H16F2N2O2/c1-3-10(2)19-13(20)9-12(18-14(19)21)15(16,17)11-7-5-4-6-8-11/h4-10H,3H2,1-2H3,(H,18,21). The maximum Gasteiger partial charge on any atom is 0.328 e. The van der Waals surface area contributed by atoms with Crippen molar-refractivity contribution in [2.75, 3.05) is 0 Å². The Kier molecular flexibility index (Phi) is 4.06. The van der Waals surface area contributed by atoms with Crippen LogP contribution in [0.4, 0.5) is 8.78 Å². The number of H-pyrrole nitrogens is 1. The Morgan fingerprint density at radius 3 is 2.38 bits per heavy atom. The number of nitrogens with zero attached hydrogens (tertiary/aromatic N) is 1. The van der Waals surface area contributed by atoms with Gasteiger partial charge in [0.2, 0.25) is 0 Å². The molecule has 0 spiro atoms. The van der Waals surface area contributed by atoms with E-state index in [0.29, 0.717) is 6.42 Å². The Hall–Kier alpha value is -2.24. The van der Waals surface area contributed by atoms with Crippen molar-refractivity contribution in [2.24, 2.45) is 0 Å². The second-order valence-corrected chi connectivity index (χ2v) is 4.89. The van der Waals surface area contributed by atoms with Crippen LogP contribution in [-0.4, -0.2) is 9.55 Å². The molecule has 4 nitrogen and oxygen atoms in total. The molecule has 1 unspecified atom stereocenters. The third-order valence-electron chi connectivity index (χ3n) is 3.47. The molecule has 0 fully saturated rings. The smallest absolute Gasteiger partial charge is 0.305 e. The van der Waals surface area contributed by atoms with Crippen LogP contribution in [-0.2, 0) is 5.92 Å². The number of aromatic amines is 1. The van der Waals surface area contributed by atoms with Gasteiger partial charge in [-0.25, -0.2) is 4.79 Å². The summed E-state index contributed by atoms with van der Waals surface area (Å²) in [6.45, 7) is 3.49. The topological polar surface area (TPSA) is 54.9 Å². The molecule has 0 aliphatic heterocycles. The fourth-order valence-corrected chi connectivity index (χ4v) is 2.08. The second-order valence-electron chi connectivity index (χ2n) is 4.89. The van der Waals surface area contributed by atoms with E-state index >= 15 is 0 Å². The van der Waals surface area contributed by atoms with E-state index in [0.717, 1.165) is 10.6 Å². The van der Waals surface area contributed by atoms with Crippen LogP contribution < -0.4 is 11.2 Å². The molecule has 1 heterocycles. The number of aromatic nitrogens is 2. The number of hydrogen-bond donors (Lipinski definition) is 1. The molecule has 0 amide bonds. The van der Waals surface area contributed by atoms with Crippen molar-refractivity contribution < 1.29 is 8.78 Å². The predicted octanol–water partition coefficient (Wildman–Crippen LogP) is 2.65. The summed E-state index contributed by atoms with van der Waals surface area (Å²) in [5.41, 5.74) is -2.51. The Morgan fingerprint density at radius 2 is 1.86 bits per heavy atom. The fraction of sp³-hybridized carbons (Fsp3) is 0.333. The molecular formula is C15H16F2N2O2. The van der Waals surface area contributed by atoms with Gasteiger partial charge in [-0.05, 0) is 13.3 Å². The van der Waals surface area contributed by atoms with Crippen LogP contribution in [0, 0.1) is 0 Å². The summed E-state index contributed by atoms with van der Waals surface area (Å²) in [6.07, 6.45) is 0.553. The Bertz CT molecular complexity index is 704. The molecule has 1 aromatic carbocycles. The van der Waals surface area contributed by atoms with E-state index < -0.39 is 22.9 Å². The number of halogens is 2. The molecule has 2 rings (SSSR count). The van der Waals surface area contributed by atoms with Crippen LogP contribution in [0.5, 0.6) is 0 Å². The third kappa shape index (κ3) is 2.79. The summed E-state index contributed by atoms with van der Waals surface area (Å²) in [5, 5.41) is 0. The molecule has 0 aliphatic carbocycles. The monoisotopic (exact) mass is 294 g/mol. The van der Waals surface area contributed by atoms with Crippen LogP contribution in [0.15, 0.2) is 46.0 Å². The molecule has 2 aromatic rings. The minimum Gasteiger partial charge on any atom is -0.305 e. The van der Waals surface area contributed by atoms with Crippen molar-refractivity contribution in [1.29, 1.82) is 0 Å². The molecule has 0 radical (unpaired) electrons.